The van der Waals surface area contributed by atoms with Crippen molar-refractivity contribution in [3.63, 3.8) is 0 Å². The van der Waals surface area contributed by atoms with Gasteiger partial charge >= 0.3 is 5.97 Å². The molecule has 2 N–H and O–H groups in total. The van der Waals surface area contributed by atoms with Gasteiger partial charge in [0.2, 0.25) is 0 Å². The second-order valence-corrected chi connectivity index (χ2v) is 3.19. The van der Waals surface area contributed by atoms with Gasteiger partial charge in [0.15, 0.2) is 0 Å². The molecule has 0 saturated carbocycles. The maximum Gasteiger partial charge on any atom is 0.303 e. The van der Waals surface area contributed by atoms with E-state index in [-0.39, 0.29) is 12.5 Å². The van der Waals surface area contributed by atoms with Gasteiger partial charge in [-0.15, -0.1) is 0 Å². The number of carboxylic acid groups (broad SMARTS) is 1. The highest BCUT2D eigenvalue weighted by molar-refractivity contribution is 5.66. The van der Waals surface area contributed by atoms with Crippen LogP contribution in [-0.4, -0.2) is 22.1 Å². The standard InChI is InChI=1S/C10H14N2O2/c1-8(5-6-10(13)14)12-9-4-2-3-7-11-9/h2-4,7-8H,5-6H2,1H3,(H,11,12)(H,13,14). The van der Waals surface area contributed by atoms with Gasteiger partial charge in [0.1, 0.15) is 5.82 Å². The number of anilines is 1. The summed E-state index contributed by atoms with van der Waals surface area (Å²) in [5.41, 5.74) is 0. The van der Waals surface area contributed by atoms with E-state index in [1.54, 1.807) is 6.20 Å². The predicted molar refractivity (Wildman–Crippen MR) is 54.2 cm³/mol. The first-order chi connectivity index (χ1) is 6.68. The third kappa shape index (κ3) is 3.89. The fourth-order valence-electron chi connectivity index (χ4n) is 1.11. The zero-order valence-corrected chi connectivity index (χ0v) is 8.10. The largest absolute Gasteiger partial charge is 0.481 e. The zero-order chi connectivity index (χ0) is 10.4. The van der Waals surface area contributed by atoms with E-state index in [4.69, 9.17) is 5.11 Å². The Morgan fingerprint density at radius 3 is 3.00 bits per heavy atom. The summed E-state index contributed by atoms with van der Waals surface area (Å²) < 4.78 is 0. The van der Waals surface area contributed by atoms with Crippen LogP contribution < -0.4 is 5.32 Å². The van der Waals surface area contributed by atoms with Crippen LogP contribution in [0.5, 0.6) is 0 Å². The second-order valence-electron chi connectivity index (χ2n) is 3.19. The smallest absolute Gasteiger partial charge is 0.303 e. The molecule has 0 fully saturated rings. The van der Waals surface area contributed by atoms with E-state index in [1.807, 2.05) is 25.1 Å². The van der Waals surface area contributed by atoms with Crippen molar-refractivity contribution >= 4 is 11.8 Å². The van der Waals surface area contributed by atoms with E-state index >= 15 is 0 Å². The Hall–Kier alpha value is -1.58. The molecule has 0 aliphatic heterocycles. The number of hydrogen-bond acceptors (Lipinski definition) is 3. The van der Waals surface area contributed by atoms with Gasteiger partial charge in [0.05, 0.1) is 0 Å². The average molecular weight is 194 g/mol. The van der Waals surface area contributed by atoms with Crippen LogP contribution >= 0.6 is 0 Å². The minimum absolute atomic E-state index is 0.126. The van der Waals surface area contributed by atoms with Crippen molar-refractivity contribution in [2.45, 2.75) is 25.8 Å². The first kappa shape index (κ1) is 10.5. The molecule has 0 amide bonds. The molecule has 0 aromatic carbocycles. The van der Waals surface area contributed by atoms with Gasteiger partial charge in [-0.3, -0.25) is 4.79 Å². The molecule has 76 valence electrons. The summed E-state index contributed by atoms with van der Waals surface area (Å²) in [5, 5.41) is 11.6. The number of aromatic nitrogens is 1. The molecular weight excluding hydrogens is 180 g/mol. The van der Waals surface area contributed by atoms with Gasteiger partial charge < -0.3 is 10.4 Å². The zero-order valence-electron chi connectivity index (χ0n) is 8.10. The van der Waals surface area contributed by atoms with Crippen molar-refractivity contribution in [2.24, 2.45) is 0 Å². The molecule has 1 atom stereocenters. The van der Waals surface area contributed by atoms with Gasteiger partial charge in [-0.1, -0.05) is 6.07 Å². The van der Waals surface area contributed by atoms with Crippen LogP contribution in [0.25, 0.3) is 0 Å². The van der Waals surface area contributed by atoms with E-state index in [0.717, 1.165) is 5.82 Å². The van der Waals surface area contributed by atoms with E-state index in [1.165, 1.54) is 0 Å². The van der Waals surface area contributed by atoms with Crippen LogP contribution in [0.3, 0.4) is 0 Å². The normalized spacial score (nSPS) is 12.1. The number of pyridine rings is 1. The van der Waals surface area contributed by atoms with Crippen molar-refractivity contribution in [1.82, 2.24) is 4.98 Å². The molecule has 0 saturated heterocycles. The average Bonchev–Trinajstić information content (AvgIpc) is 2.16. The number of carboxylic acids is 1. The highest BCUT2D eigenvalue weighted by atomic mass is 16.4. The fourth-order valence-corrected chi connectivity index (χ4v) is 1.11. The molecule has 0 spiro atoms. The summed E-state index contributed by atoms with van der Waals surface area (Å²) in [6.45, 7) is 1.94. The molecule has 0 aliphatic rings. The Bertz CT molecular complexity index is 287. The third-order valence-corrected chi connectivity index (χ3v) is 1.85. The Morgan fingerprint density at radius 2 is 2.43 bits per heavy atom. The van der Waals surface area contributed by atoms with Crippen LogP contribution in [0.1, 0.15) is 19.8 Å². The molecule has 14 heavy (non-hydrogen) atoms. The van der Waals surface area contributed by atoms with E-state index < -0.39 is 5.97 Å². The lowest BCUT2D eigenvalue weighted by molar-refractivity contribution is -0.137. The van der Waals surface area contributed by atoms with Crippen LogP contribution in [-0.2, 0) is 4.79 Å². The van der Waals surface area contributed by atoms with Gasteiger partial charge in [0.25, 0.3) is 0 Å². The topological polar surface area (TPSA) is 62.2 Å². The number of nitrogens with zero attached hydrogens (tertiary/aromatic N) is 1. The molecule has 4 heteroatoms. The van der Waals surface area contributed by atoms with Gasteiger partial charge in [-0.05, 0) is 25.5 Å². The molecule has 4 nitrogen and oxygen atoms in total. The Morgan fingerprint density at radius 1 is 1.64 bits per heavy atom. The highest BCUT2D eigenvalue weighted by Gasteiger charge is 2.04. The van der Waals surface area contributed by atoms with E-state index in [9.17, 15) is 4.79 Å². The maximum absolute atomic E-state index is 10.3. The number of hydrogen-bond donors (Lipinski definition) is 2. The monoisotopic (exact) mass is 194 g/mol. The highest BCUT2D eigenvalue weighted by Crippen LogP contribution is 2.06. The molecule has 0 bridgehead atoms. The molecule has 1 rings (SSSR count). The summed E-state index contributed by atoms with van der Waals surface area (Å²) in [6.07, 6.45) is 2.49. The van der Waals surface area contributed by atoms with Gasteiger partial charge in [-0.2, -0.15) is 0 Å². The Labute approximate surface area is 83.0 Å². The lowest BCUT2D eigenvalue weighted by Gasteiger charge is -2.12. The second kappa shape index (κ2) is 5.21. The number of carbonyl (C=O) groups is 1. The number of rotatable bonds is 5. The predicted octanol–water partition coefficient (Wildman–Crippen LogP) is 1.75. The Balaban J connectivity index is 2.34. The molecule has 1 aromatic heterocycles. The first-order valence-electron chi connectivity index (χ1n) is 4.58. The van der Waals surface area contributed by atoms with Crippen molar-refractivity contribution < 1.29 is 9.90 Å². The summed E-state index contributed by atoms with van der Waals surface area (Å²) in [5.74, 6) is 0.0186. The summed E-state index contributed by atoms with van der Waals surface area (Å²) in [7, 11) is 0. The summed E-state index contributed by atoms with van der Waals surface area (Å²) in [6, 6.07) is 5.71. The summed E-state index contributed by atoms with van der Waals surface area (Å²) >= 11 is 0. The third-order valence-electron chi connectivity index (χ3n) is 1.85. The first-order valence-corrected chi connectivity index (χ1v) is 4.58. The van der Waals surface area contributed by atoms with Crippen molar-refractivity contribution in [3.05, 3.63) is 24.4 Å². The SMILES string of the molecule is CC(CCC(=O)O)Nc1ccccn1. The van der Waals surface area contributed by atoms with Crippen LogP contribution in [0.15, 0.2) is 24.4 Å². The fraction of sp³-hybridized carbons (Fsp3) is 0.400. The van der Waals surface area contributed by atoms with Crippen molar-refractivity contribution in [3.8, 4) is 0 Å². The molecule has 0 aliphatic carbocycles. The molecule has 0 radical (unpaired) electrons. The van der Waals surface area contributed by atoms with Crippen molar-refractivity contribution in [2.75, 3.05) is 5.32 Å². The lowest BCUT2D eigenvalue weighted by atomic mass is 10.2. The van der Waals surface area contributed by atoms with E-state index in [2.05, 4.69) is 10.3 Å². The van der Waals surface area contributed by atoms with Gasteiger partial charge in [0, 0.05) is 18.7 Å². The molecule has 1 aromatic rings. The minimum atomic E-state index is -0.764. The number of nitrogens with one attached hydrogen (secondary N) is 1. The molecule has 1 unspecified atom stereocenters. The number of aliphatic carboxylic acids is 1. The molecular formula is C10H14N2O2. The van der Waals surface area contributed by atoms with E-state index in [0.29, 0.717) is 6.42 Å². The van der Waals surface area contributed by atoms with Crippen molar-refractivity contribution in [1.29, 1.82) is 0 Å². The van der Waals surface area contributed by atoms with Gasteiger partial charge in [-0.25, -0.2) is 4.98 Å². The molecule has 1 heterocycles. The maximum atomic E-state index is 10.3. The van der Waals surface area contributed by atoms with Crippen LogP contribution in [0, 0.1) is 0 Å². The lowest BCUT2D eigenvalue weighted by Crippen LogP contribution is -2.17. The van der Waals surface area contributed by atoms with Crippen LogP contribution in [0.4, 0.5) is 5.82 Å². The quantitative estimate of drug-likeness (QED) is 0.749. The Kier molecular flexibility index (Phi) is 3.91. The summed E-state index contributed by atoms with van der Waals surface area (Å²) in [4.78, 5) is 14.4. The minimum Gasteiger partial charge on any atom is -0.481 e. The van der Waals surface area contributed by atoms with Crippen LogP contribution in [0.2, 0.25) is 0 Å².